The molecular weight excluding hydrogens is 350 g/mol. The lowest BCUT2D eigenvalue weighted by molar-refractivity contribution is -0.0204. The Morgan fingerprint density at radius 2 is 2.31 bits per heavy atom. The molecule has 2 aromatic heterocycles. The highest BCUT2D eigenvalue weighted by molar-refractivity contribution is 6.35. The van der Waals surface area contributed by atoms with Crippen LogP contribution >= 0.6 is 11.6 Å². The van der Waals surface area contributed by atoms with Crippen LogP contribution in [-0.2, 0) is 11.2 Å². The van der Waals surface area contributed by atoms with Crippen LogP contribution in [0.2, 0.25) is 5.02 Å². The summed E-state index contributed by atoms with van der Waals surface area (Å²) in [5.41, 5.74) is 1.71. The fraction of sp³-hybridized carbons (Fsp3) is 0.571. The molecule has 0 bridgehead atoms. The zero-order valence-corrected chi connectivity index (χ0v) is 16.4. The maximum absolute atomic E-state index is 13.0. The summed E-state index contributed by atoms with van der Waals surface area (Å²) in [6.45, 7) is 2.76. The number of ether oxygens (including phenoxy) is 1. The number of carbonyl (C=O) groups is 1. The molecule has 1 saturated carbocycles. The van der Waals surface area contributed by atoms with Gasteiger partial charge >= 0.3 is 0 Å². The summed E-state index contributed by atoms with van der Waals surface area (Å²) in [5.74, 6) is 0.570. The Kier molecular flexibility index (Phi) is 6.06. The number of hydrogen-bond acceptors (Lipinski definition) is 3. The Morgan fingerprint density at radius 3 is 3.04 bits per heavy atom. The molecule has 1 aliphatic carbocycles. The van der Waals surface area contributed by atoms with Crippen LogP contribution in [0.25, 0.3) is 5.52 Å². The van der Waals surface area contributed by atoms with E-state index in [0.717, 1.165) is 30.5 Å². The van der Waals surface area contributed by atoms with E-state index in [0.29, 0.717) is 42.4 Å². The molecule has 26 heavy (non-hydrogen) atoms. The number of aromatic nitrogens is 1. The fourth-order valence-electron chi connectivity index (χ4n) is 4.24. The first-order chi connectivity index (χ1) is 12.4. The first-order valence-electron chi connectivity index (χ1n) is 9.46. The molecule has 0 spiro atoms. The third-order valence-corrected chi connectivity index (χ3v) is 5.87. The average molecular weight is 378 g/mol. The number of nitrogens with zero attached hydrogens (tertiary/aromatic N) is 1. The van der Waals surface area contributed by atoms with Crippen LogP contribution in [0, 0.1) is 5.92 Å². The third-order valence-electron chi connectivity index (χ3n) is 5.57. The standard InChI is InChI=1S/C21H28ClNO3/c1-15-5-3-9-21(25,14-15)10-7-19(24)17-13-16(8-12-26-2)23-11-4-6-18(22)20(17)23/h4,6,11,13,15,25H,3,5,7-10,12,14H2,1-2H3/t15-,21+/m1/s1. The lowest BCUT2D eigenvalue weighted by Crippen LogP contribution is -2.35. The molecule has 3 rings (SSSR count). The molecule has 0 unspecified atom stereocenters. The third kappa shape index (κ3) is 4.13. The Balaban J connectivity index is 1.81. The van der Waals surface area contributed by atoms with Crippen LogP contribution in [0.5, 0.6) is 0 Å². The molecule has 1 fully saturated rings. The second-order valence-corrected chi connectivity index (χ2v) is 8.12. The predicted octanol–water partition coefficient (Wildman–Crippen LogP) is 4.69. The number of rotatable bonds is 7. The van der Waals surface area contributed by atoms with Crippen LogP contribution in [0.4, 0.5) is 0 Å². The molecule has 2 atom stereocenters. The summed E-state index contributed by atoms with van der Waals surface area (Å²) in [4.78, 5) is 13.0. The summed E-state index contributed by atoms with van der Waals surface area (Å²) in [6, 6.07) is 5.62. The van der Waals surface area contributed by atoms with Gasteiger partial charge in [-0.1, -0.05) is 31.4 Å². The first-order valence-corrected chi connectivity index (χ1v) is 9.84. The van der Waals surface area contributed by atoms with E-state index < -0.39 is 5.60 Å². The molecule has 0 radical (unpaired) electrons. The van der Waals surface area contributed by atoms with Gasteiger partial charge < -0.3 is 14.2 Å². The number of ketones is 1. The van der Waals surface area contributed by atoms with Crippen LogP contribution in [-0.4, -0.2) is 34.6 Å². The van der Waals surface area contributed by atoms with E-state index in [4.69, 9.17) is 16.3 Å². The number of fused-ring (bicyclic) bond motifs is 1. The number of Topliss-reactive ketones (excluding diaryl/α,β-unsaturated/α-hetero) is 1. The minimum atomic E-state index is -0.703. The fourth-order valence-corrected chi connectivity index (χ4v) is 4.50. The Hall–Kier alpha value is -1.36. The molecule has 0 saturated heterocycles. The van der Waals surface area contributed by atoms with Crippen molar-refractivity contribution >= 4 is 22.9 Å². The van der Waals surface area contributed by atoms with Gasteiger partial charge in [-0.15, -0.1) is 0 Å². The summed E-state index contributed by atoms with van der Waals surface area (Å²) >= 11 is 6.40. The first kappa shape index (κ1) is 19.4. The van der Waals surface area contributed by atoms with Crippen molar-refractivity contribution in [3.05, 3.63) is 40.7 Å². The number of hydrogen-bond donors (Lipinski definition) is 1. The summed E-state index contributed by atoms with van der Waals surface area (Å²) in [5, 5.41) is 11.4. The second kappa shape index (κ2) is 8.12. The lowest BCUT2D eigenvalue weighted by Gasteiger charge is -2.35. The smallest absolute Gasteiger partial charge is 0.165 e. The van der Waals surface area contributed by atoms with Gasteiger partial charge in [-0.05, 0) is 43.4 Å². The highest BCUT2D eigenvalue weighted by Gasteiger charge is 2.33. The van der Waals surface area contributed by atoms with Gasteiger partial charge in [0.25, 0.3) is 0 Å². The molecule has 142 valence electrons. The van der Waals surface area contributed by atoms with Gasteiger partial charge in [0.2, 0.25) is 0 Å². The molecule has 2 heterocycles. The van der Waals surface area contributed by atoms with Crippen molar-refractivity contribution in [1.29, 1.82) is 0 Å². The average Bonchev–Trinajstić information content (AvgIpc) is 2.98. The minimum absolute atomic E-state index is 0.0471. The topological polar surface area (TPSA) is 50.9 Å². The summed E-state index contributed by atoms with van der Waals surface area (Å²) in [6.07, 6.45) is 7.29. The monoisotopic (exact) mass is 377 g/mol. The van der Waals surface area contributed by atoms with Gasteiger partial charge in [-0.3, -0.25) is 4.79 Å². The van der Waals surface area contributed by atoms with E-state index in [9.17, 15) is 9.90 Å². The second-order valence-electron chi connectivity index (χ2n) is 7.72. The number of halogens is 1. The predicted molar refractivity (Wildman–Crippen MR) is 104 cm³/mol. The maximum atomic E-state index is 13.0. The van der Waals surface area contributed by atoms with Crippen LogP contribution < -0.4 is 0 Å². The van der Waals surface area contributed by atoms with Gasteiger partial charge in [0.15, 0.2) is 5.78 Å². The zero-order valence-electron chi connectivity index (χ0n) is 15.6. The van der Waals surface area contributed by atoms with E-state index in [2.05, 4.69) is 6.92 Å². The van der Waals surface area contributed by atoms with Gasteiger partial charge in [-0.25, -0.2) is 0 Å². The van der Waals surface area contributed by atoms with Gasteiger partial charge in [0.05, 0.1) is 22.7 Å². The van der Waals surface area contributed by atoms with E-state index in [1.807, 2.05) is 28.8 Å². The zero-order chi connectivity index (χ0) is 18.7. The van der Waals surface area contributed by atoms with Crippen molar-refractivity contribution in [2.24, 2.45) is 5.92 Å². The molecule has 1 aliphatic rings. The minimum Gasteiger partial charge on any atom is -0.390 e. The Bertz CT molecular complexity index is 785. The summed E-state index contributed by atoms with van der Waals surface area (Å²) in [7, 11) is 1.67. The van der Waals surface area contributed by atoms with Crippen LogP contribution in [0.1, 0.15) is 61.5 Å². The molecule has 0 aromatic carbocycles. The number of pyridine rings is 1. The number of carbonyl (C=O) groups excluding carboxylic acids is 1. The van der Waals surface area contributed by atoms with E-state index >= 15 is 0 Å². The van der Waals surface area contributed by atoms with Crippen molar-refractivity contribution in [1.82, 2.24) is 4.40 Å². The summed E-state index contributed by atoms with van der Waals surface area (Å²) < 4.78 is 7.16. The van der Waals surface area contributed by atoms with E-state index in [1.54, 1.807) is 7.11 Å². The molecule has 5 heteroatoms. The van der Waals surface area contributed by atoms with E-state index in [1.165, 1.54) is 6.42 Å². The Labute approximate surface area is 160 Å². The van der Waals surface area contributed by atoms with Gasteiger partial charge in [0.1, 0.15) is 0 Å². The lowest BCUT2D eigenvalue weighted by atomic mass is 9.76. The molecule has 2 aromatic rings. The molecule has 4 nitrogen and oxygen atoms in total. The van der Waals surface area contributed by atoms with Gasteiger partial charge in [0, 0.05) is 37.4 Å². The van der Waals surface area contributed by atoms with Crippen molar-refractivity contribution < 1.29 is 14.6 Å². The SMILES string of the molecule is COCCc1cc(C(=O)CC[C@@]2(O)CCC[C@@H](C)C2)c2c(Cl)cccn12. The van der Waals surface area contributed by atoms with Crippen LogP contribution in [0.15, 0.2) is 24.4 Å². The van der Waals surface area contributed by atoms with Crippen molar-refractivity contribution in [2.45, 2.75) is 57.5 Å². The highest BCUT2D eigenvalue weighted by atomic mass is 35.5. The largest absolute Gasteiger partial charge is 0.390 e. The normalized spacial score (nSPS) is 23.5. The van der Waals surface area contributed by atoms with Gasteiger partial charge in [-0.2, -0.15) is 0 Å². The van der Waals surface area contributed by atoms with Crippen molar-refractivity contribution in [3.63, 3.8) is 0 Å². The maximum Gasteiger partial charge on any atom is 0.165 e. The number of aliphatic hydroxyl groups is 1. The molecule has 0 amide bonds. The van der Waals surface area contributed by atoms with Crippen molar-refractivity contribution in [3.8, 4) is 0 Å². The van der Waals surface area contributed by atoms with E-state index in [-0.39, 0.29) is 5.78 Å². The number of methoxy groups -OCH3 is 1. The highest BCUT2D eigenvalue weighted by Crippen LogP contribution is 2.36. The van der Waals surface area contributed by atoms with Crippen LogP contribution in [0.3, 0.4) is 0 Å². The quantitative estimate of drug-likeness (QED) is 0.712. The van der Waals surface area contributed by atoms with Crippen molar-refractivity contribution in [2.75, 3.05) is 13.7 Å². The Morgan fingerprint density at radius 1 is 1.50 bits per heavy atom. The molecular formula is C21H28ClNO3. The molecule has 1 N–H and O–H groups in total. The molecule has 0 aliphatic heterocycles.